The Bertz CT molecular complexity index is 1080. The van der Waals surface area contributed by atoms with Crippen LogP contribution in [-0.2, 0) is 33.3 Å². The Labute approximate surface area is 227 Å². The van der Waals surface area contributed by atoms with Gasteiger partial charge in [0.1, 0.15) is 23.8 Å². The number of nitrogens with zero attached hydrogens (tertiary/aromatic N) is 1. The van der Waals surface area contributed by atoms with E-state index in [1.807, 2.05) is 0 Å². The van der Waals surface area contributed by atoms with Crippen molar-refractivity contribution in [3.05, 3.63) is 31.2 Å². The van der Waals surface area contributed by atoms with Gasteiger partial charge in [0.15, 0.2) is 12.2 Å². The summed E-state index contributed by atoms with van der Waals surface area (Å²) in [6.07, 6.45) is -3.95. The van der Waals surface area contributed by atoms with Crippen LogP contribution in [0.25, 0.3) is 0 Å². The van der Waals surface area contributed by atoms with Crippen LogP contribution in [0.3, 0.4) is 0 Å². The lowest BCUT2D eigenvalue weighted by Crippen LogP contribution is -2.65. The van der Waals surface area contributed by atoms with E-state index in [-0.39, 0.29) is 37.8 Å². The van der Waals surface area contributed by atoms with Crippen LogP contribution >= 0.6 is 62.3 Å². The maximum atomic E-state index is 13.4. The molecule has 1 saturated heterocycles. The highest BCUT2D eigenvalue weighted by molar-refractivity contribution is 9.09. The van der Waals surface area contributed by atoms with E-state index >= 15 is 0 Å². The quantitative estimate of drug-likeness (QED) is 0.119. The Morgan fingerprint density at radius 3 is 1.71 bits per heavy atom. The number of rotatable bonds is 5. The van der Waals surface area contributed by atoms with Gasteiger partial charge in [-0.15, -0.1) is 0 Å². The van der Waals surface area contributed by atoms with Crippen molar-refractivity contribution in [2.75, 3.05) is 6.61 Å². The normalized spacial score (nSPS) is 25.8. The fraction of sp³-hybridized carbons (Fsp3) is 0.450. The maximum absolute atomic E-state index is 13.4. The van der Waals surface area contributed by atoms with Gasteiger partial charge < -0.3 is 18.9 Å². The molecule has 1 fully saturated rings. The molecule has 1 aromatic carbocycles. The second kappa shape index (κ2) is 10.8. The van der Waals surface area contributed by atoms with Gasteiger partial charge in [-0.05, 0) is 0 Å². The molecular weight excluding hydrogens is 620 g/mol. The zero-order valence-electron chi connectivity index (χ0n) is 18.1. The molecule has 2 aliphatic rings. The summed E-state index contributed by atoms with van der Waals surface area (Å²) in [6.45, 7) is 2.95. The fourth-order valence-corrected chi connectivity index (χ4v) is 5.61. The summed E-state index contributed by atoms with van der Waals surface area (Å²) in [4.78, 5) is 62.7. The molecule has 35 heavy (non-hydrogen) atoms. The van der Waals surface area contributed by atoms with E-state index in [0.29, 0.717) is 4.90 Å². The highest BCUT2D eigenvalue weighted by atomic mass is 79.9. The van der Waals surface area contributed by atoms with Crippen molar-refractivity contribution in [1.82, 2.24) is 4.90 Å². The average Bonchev–Trinajstić information content (AvgIpc) is 3.01. The van der Waals surface area contributed by atoms with Crippen molar-refractivity contribution < 1.29 is 42.9 Å². The molecule has 0 unspecified atom stereocenters. The zero-order valence-corrected chi connectivity index (χ0v) is 22.7. The molecule has 0 N–H and O–H groups in total. The minimum atomic E-state index is -1.44. The molecule has 3 rings (SSSR count). The number of imide groups is 1. The molecule has 0 aromatic heterocycles. The van der Waals surface area contributed by atoms with E-state index in [9.17, 15) is 24.0 Å². The third kappa shape index (κ3) is 5.26. The molecular formula is C20H16BrCl4NO9. The number of alkyl halides is 1. The molecule has 0 radical (unpaired) electrons. The number of hydrogen-bond donors (Lipinski definition) is 0. The summed E-state index contributed by atoms with van der Waals surface area (Å²) in [5, 5.41) is -2.23. The summed E-state index contributed by atoms with van der Waals surface area (Å²) in [5.74, 6) is -4.10. The Morgan fingerprint density at radius 2 is 1.29 bits per heavy atom. The third-order valence-corrected chi connectivity index (χ3v) is 7.65. The van der Waals surface area contributed by atoms with Gasteiger partial charge in [-0.1, -0.05) is 62.3 Å². The molecule has 0 saturated carbocycles. The van der Waals surface area contributed by atoms with Gasteiger partial charge in [0, 0.05) is 20.8 Å². The topological polar surface area (TPSA) is 126 Å². The molecule has 10 nitrogen and oxygen atoms in total. The van der Waals surface area contributed by atoms with Gasteiger partial charge >= 0.3 is 17.9 Å². The second-order valence-electron chi connectivity index (χ2n) is 7.45. The molecule has 0 spiro atoms. The third-order valence-electron chi connectivity index (χ3n) is 5.09. The number of fused-ring (bicyclic) bond motifs is 1. The molecule has 0 bridgehead atoms. The highest BCUT2D eigenvalue weighted by Crippen LogP contribution is 2.46. The second-order valence-corrected chi connectivity index (χ2v) is 9.87. The number of esters is 3. The maximum Gasteiger partial charge on any atom is 0.303 e. The lowest BCUT2D eigenvalue weighted by molar-refractivity contribution is -0.216. The molecule has 1 aromatic rings. The van der Waals surface area contributed by atoms with Crippen LogP contribution in [0.5, 0.6) is 0 Å². The van der Waals surface area contributed by atoms with Gasteiger partial charge in [-0.3, -0.25) is 28.9 Å². The number of carbonyl (C=O) groups is 5. The first kappa shape index (κ1) is 27.9. The van der Waals surface area contributed by atoms with E-state index in [4.69, 9.17) is 65.4 Å². The number of halogens is 5. The lowest BCUT2D eigenvalue weighted by Gasteiger charge is -2.45. The van der Waals surface area contributed by atoms with E-state index in [0.717, 1.165) is 20.8 Å². The molecule has 15 heteroatoms. The predicted octanol–water partition coefficient (Wildman–Crippen LogP) is 3.81. The lowest BCUT2D eigenvalue weighted by atomic mass is 9.96. The van der Waals surface area contributed by atoms with E-state index < -0.39 is 59.1 Å². The molecule has 190 valence electrons. The van der Waals surface area contributed by atoms with Gasteiger partial charge in [0.25, 0.3) is 11.8 Å². The largest absolute Gasteiger partial charge is 0.463 e. The van der Waals surface area contributed by atoms with Crippen LogP contribution in [0.4, 0.5) is 0 Å². The zero-order chi connectivity index (χ0) is 26.4. The summed E-state index contributed by atoms with van der Waals surface area (Å²) < 4.78 is 21.5. The van der Waals surface area contributed by atoms with Crippen molar-refractivity contribution in [3.63, 3.8) is 0 Å². The SMILES string of the molecule is CC(=O)OC[C@H]1O[C@@H](Br)[C@H](N2C(=O)c3c(Cl)c(Cl)c(Cl)c(Cl)c3C2=O)[C@@H](OC(C)=O)[C@@H]1OC(C)=O. The van der Waals surface area contributed by atoms with Crippen LogP contribution in [0.1, 0.15) is 41.5 Å². The molecule has 2 amide bonds. The number of hydrogen-bond acceptors (Lipinski definition) is 9. The highest BCUT2D eigenvalue weighted by Gasteiger charge is 2.57. The van der Waals surface area contributed by atoms with Crippen molar-refractivity contribution >= 4 is 92.1 Å². The molecule has 2 heterocycles. The summed E-state index contributed by atoms with van der Waals surface area (Å²) in [6, 6.07) is -1.38. The predicted molar refractivity (Wildman–Crippen MR) is 126 cm³/mol. The number of benzene rings is 1. The molecule has 0 aliphatic carbocycles. The van der Waals surface area contributed by atoms with Crippen LogP contribution in [0.15, 0.2) is 0 Å². The van der Waals surface area contributed by atoms with Crippen LogP contribution < -0.4 is 0 Å². The standard InChI is InChI=1S/C20H16BrCl4NO9/c1-5(27)32-4-8-16(33-6(2)28)17(34-7(3)29)15(18(21)35-8)26-19(30)9-10(20(26)31)12(23)14(25)13(24)11(9)22/h8,15-18H,4H2,1-3H3/t8-,15-,16-,17-,18-/m1/s1. The number of amides is 2. The van der Waals surface area contributed by atoms with Crippen molar-refractivity contribution in [2.24, 2.45) is 0 Å². The Kier molecular flexibility index (Phi) is 8.61. The van der Waals surface area contributed by atoms with Gasteiger partial charge in [-0.25, -0.2) is 0 Å². The van der Waals surface area contributed by atoms with E-state index in [1.54, 1.807) is 0 Å². The minimum absolute atomic E-state index is 0.230. The minimum Gasteiger partial charge on any atom is -0.463 e. The summed E-state index contributed by atoms with van der Waals surface area (Å²) >= 11 is 27.8. The van der Waals surface area contributed by atoms with Crippen LogP contribution in [-0.4, -0.2) is 70.6 Å². The molecule has 5 atom stereocenters. The number of carbonyl (C=O) groups excluding carboxylic acids is 5. The molecule has 2 aliphatic heterocycles. The van der Waals surface area contributed by atoms with Crippen molar-refractivity contribution in [3.8, 4) is 0 Å². The smallest absolute Gasteiger partial charge is 0.303 e. The first-order valence-electron chi connectivity index (χ1n) is 9.79. The Hall–Kier alpha value is -1.63. The van der Waals surface area contributed by atoms with Gasteiger partial charge in [0.2, 0.25) is 0 Å². The van der Waals surface area contributed by atoms with Gasteiger partial charge in [0.05, 0.1) is 31.2 Å². The van der Waals surface area contributed by atoms with E-state index in [1.165, 1.54) is 0 Å². The summed E-state index contributed by atoms with van der Waals surface area (Å²) in [7, 11) is 0. The first-order valence-corrected chi connectivity index (χ1v) is 12.2. The van der Waals surface area contributed by atoms with Crippen molar-refractivity contribution in [1.29, 1.82) is 0 Å². The summed E-state index contributed by atoms with van der Waals surface area (Å²) in [5.41, 5.74) is -0.605. The first-order chi connectivity index (χ1) is 16.3. The Balaban J connectivity index is 2.12. The fourth-order valence-electron chi connectivity index (χ4n) is 3.78. The average molecular weight is 636 g/mol. The van der Waals surface area contributed by atoms with Crippen LogP contribution in [0, 0.1) is 0 Å². The van der Waals surface area contributed by atoms with Crippen LogP contribution in [0.2, 0.25) is 20.1 Å². The van der Waals surface area contributed by atoms with Crippen molar-refractivity contribution in [2.45, 2.75) is 50.1 Å². The monoisotopic (exact) mass is 633 g/mol. The number of ether oxygens (including phenoxy) is 4. The van der Waals surface area contributed by atoms with E-state index in [2.05, 4.69) is 15.9 Å². The van der Waals surface area contributed by atoms with Gasteiger partial charge in [-0.2, -0.15) is 0 Å². The Morgan fingerprint density at radius 1 is 0.829 bits per heavy atom.